The molecule has 7 heavy (non-hydrogen) atoms. The van der Waals surface area contributed by atoms with E-state index in [1.54, 1.807) is 0 Å². The van der Waals surface area contributed by atoms with Gasteiger partial charge in [0.1, 0.15) is 0 Å². The minimum absolute atomic E-state index is 0.944. The molecule has 40 valence electrons. The number of hydrogen-bond acceptors (Lipinski definition) is 3. The predicted molar refractivity (Wildman–Crippen MR) is 18.2 cm³/mol. The maximum atomic E-state index is 9.26. The van der Waals surface area contributed by atoms with Gasteiger partial charge in [0.15, 0.2) is 5.03 Å². The van der Waals surface area contributed by atoms with Crippen molar-refractivity contribution in [2.45, 2.75) is 0 Å². The summed E-state index contributed by atoms with van der Waals surface area (Å²) in [7, 11) is 0. The summed E-state index contributed by atoms with van der Waals surface area (Å²) in [5, 5.41) is 15.5. The molecule has 0 aliphatic heterocycles. The second kappa shape index (κ2) is 1.96. The third-order valence-electron chi connectivity index (χ3n) is 0.187. The zero-order chi connectivity index (χ0) is 5.86. The van der Waals surface area contributed by atoms with Crippen LogP contribution in [0.25, 0.3) is 0 Å². The lowest BCUT2D eigenvalue weighted by molar-refractivity contribution is -0.529. The van der Waals surface area contributed by atoms with Crippen molar-refractivity contribution in [3.63, 3.8) is 0 Å². The first-order valence-corrected chi connectivity index (χ1v) is 1.27. The third-order valence-corrected chi connectivity index (χ3v) is 0.187. The maximum absolute atomic E-state index is 9.26. The van der Waals surface area contributed by atoms with Crippen LogP contribution < -0.4 is 5.43 Å². The van der Waals surface area contributed by atoms with E-state index in [1.165, 1.54) is 0 Å². The first-order chi connectivity index (χ1) is 3.13. The van der Waals surface area contributed by atoms with Gasteiger partial charge in [-0.25, -0.2) is 14.9 Å². The van der Waals surface area contributed by atoms with Crippen molar-refractivity contribution in [2.75, 3.05) is 0 Å². The third kappa shape index (κ3) is 4.67. The molecule has 0 rings (SSSR count). The van der Waals surface area contributed by atoms with Gasteiger partial charge < -0.3 is 5.11 Å². The topological polar surface area (TPSA) is 92.5 Å². The SMILES string of the molecule is O=C(O)N[N+](=O)[O-]. The smallest absolute Gasteiger partial charge is 0.461 e. The molecule has 0 aromatic carbocycles. The highest BCUT2D eigenvalue weighted by molar-refractivity contribution is 5.62. The molecule has 1 amide bonds. The molecule has 0 atom stereocenters. The molecule has 0 fully saturated rings. The molecule has 0 spiro atoms. The first kappa shape index (κ1) is 5.67. The number of amides is 1. The zero-order valence-corrected chi connectivity index (χ0v) is 3.12. The van der Waals surface area contributed by atoms with Crippen molar-refractivity contribution in [3.8, 4) is 0 Å². The van der Waals surface area contributed by atoms with Gasteiger partial charge in [-0.2, -0.15) is 0 Å². The molecular formula is CH2N2O4. The number of carboxylic acid groups (broad SMARTS) is 1. The molecule has 0 aliphatic rings. The number of carbonyl (C=O) groups is 1. The van der Waals surface area contributed by atoms with Crippen LogP contribution in [0.3, 0.4) is 0 Å². The van der Waals surface area contributed by atoms with Crippen LogP contribution in [-0.2, 0) is 0 Å². The van der Waals surface area contributed by atoms with Crippen molar-refractivity contribution >= 4 is 6.09 Å². The Morgan fingerprint density at radius 1 is 1.86 bits per heavy atom. The van der Waals surface area contributed by atoms with Crippen LogP contribution >= 0.6 is 0 Å². The standard InChI is InChI=1S/CH2N2O4/c4-1(5)2-3(6)7/h2H,(H,4,5). The molecule has 0 aromatic heterocycles. The van der Waals surface area contributed by atoms with E-state index in [-0.39, 0.29) is 0 Å². The fraction of sp³-hybridized carbons (Fsp3) is 0. The van der Waals surface area contributed by atoms with E-state index in [0.717, 1.165) is 5.43 Å². The van der Waals surface area contributed by atoms with Crippen molar-refractivity contribution in [2.24, 2.45) is 0 Å². The van der Waals surface area contributed by atoms with E-state index in [4.69, 9.17) is 15.2 Å². The minimum atomic E-state index is -1.66. The van der Waals surface area contributed by atoms with Gasteiger partial charge in [0, 0.05) is 0 Å². The van der Waals surface area contributed by atoms with Crippen LogP contribution in [0.15, 0.2) is 0 Å². The minimum Gasteiger partial charge on any atom is -0.461 e. The molecule has 6 nitrogen and oxygen atoms in total. The molecule has 0 radical (unpaired) electrons. The Kier molecular flexibility index (Phi) is 1.58. The summed E-state index contributed by atoms with van der Waals surface area (Å²) in [5.74, 6) is 0. The summed E-state index contributed by atoms with van der Waals surface area (Å²) in [4.78, 5) is 18.4. The Labute approximate surface area is 37.9 Å². The quantitative estimate of drug-likeness (QED) is 0.346. The second-order valence-electron chi connectivity index (χ2n) is 0.674. The van der Waals surface area contributed by atoms with Crippen molar-refractivity contribution in [1.29, 1.82) is 0 Å². The van der Waals surface area contributed by atoms with E-state index in [0.29, 0.717) is 0 Å². The van der Waals surface area contributed by atoms with Crippen LogP contribution in [0.4, 0.5) is 4.79 Å². The Bertz CT molecular complexity index is 85.9. The average Bonchev–Trinajstić information content (AvgIpc) is 1.27. The fourth-order valence-corrected chi connectivity index (χ4v) is 0.0781. The summed E-state index contributed by atoms with van der Waals surface area (Å²) < 4.78 is 0. The van der Waals surface area contributed by atoms with Gasteiger partial charge in [-0.15, -0.1) is 0 Å². The zero-order valence-electron chi connectivity index (χ0n) is 3.12. The molecule has 2 N–H and O–H groups in total. The Morgan fingerprint density at radius 3 is 2.29 bits per heavy atom. The molecule has 0 aliphatic carbocycles. The number of rotatable bonds is 1. The monoisotopic (exact) mass is 106 g/mol. The van der Waals surface area contributed by atoms with E-state index in [9.17, 15) is 4.79 Å². The van der Waals surface area contributed by atoms with Crippen molar-refractivity contribution in [3.05, 3.63) is 10.1 Å². The van der Waals surface area contributed by atoms with Crippen LogP contribution in [-0.4, -0.2) is 16.2 Å². The van der Waals surface area contributed by atoms with E-state index in [1.807, 2.05) is 0 Å². The van der Waals surface area contributed by atoms with Gasteiger partial charge in [0.25, 0.3) is 0 Å². The molecule has 0 bridgehead atoms. The number of hydrogen-bond donors (Lipinski definition) is 2. The Morgan fingerprint density at radius 2 is 2.29 bits per heavy atom. The van der Waals surface area contributed by atoms with Crippen molar-refractivity contribution in [1.82, 2.24) is 5.43 Å². The van der Waals surface area contributed by atoms with Gasteiger partial charge in [-0.3, -0.25) is 0 Å². The average molecular weight is 106 g/mol. The van der Waals surface area contributed by atoms with Crippen molar-refractivity contribution < 1.29 is 14.9 Å². The molecule has 6 heteroatoms. The lowest BCUT2D eigenvalue weighted by Gasteiger charge is -1.81. The van der Waals surface area contributed by atoms with Gasteiger partial charge in [0.2, 0.25) is 0 Å². The largest absolute Gasteiger partial charge is 0.463 e. The molecule has 0 saturated carbocycles. The number of nitrogens with one attached hydrogen (secondary N) is 1. The number of hydrazine groups is 1. The first-order valence-electron chi connectivity index (χ1n) is 1.27. The predicted octanol–water partition coefficient (Wildman–Crippen LogP) is -0.554. The van der Waals surface area contributed by atoms with E-state index in [2.05, 4.69) is 0 Å². The molecule has 0 aromatic rings. The summed E-state index contributed by atoms with van der Waals surface area (Å²) in [6.45, 7) is 0. The second-order valence-corrected chi connectivity index (χ2v) is 0.674. The summed E-state index contributed by atoms with van der Waals surface area (Å²) in [5.41, 5.74) is 0.944. The van der Waals surface area contributed by atoms with Gasteiger partial charge in [-0.1, -0.05) is 0 Å². The van der Waals surface area contributed by atoms with E-state index < -0.39 is 11.1 Å². The Balaban J connectivity index is 3.32. The molecule has 0 unspecified atom stereocenters. The summed E-state index contributed by atoms with van der Waals surface area (Å²) in [6, 6.07) is 0. The summed E-state index contributed by atoms with van der Waals surface area (Å²) >= 11 is 0. The molecule has 0 heterocycles. The lowest BCUT2D eigenvalue weighted by Crippen LogP contribution is -2.26. The van der Waals surface area contributed by atoms with Crippen LogP contribution in [0.5, 0.6) is 0 Å². The lowest BCUT2D eigenvalue weighted by atomic mass is 11.3. The van der Waals surface area contributed by atoms with Crippen LogP contribution in [0, 0.1) is 10.1 Å². The highest BCUT2D eigenvalue weighted by atomic mass is 16.7. The number of nitrogens with zero attached hydrogens (tertiary/aromatic N) is 1. The van der Waals surface area contributed by atoms with Gasteiger partial charge in [0.05, 0.1) is 0 Å². The maximum Gasteiger partial charge on any atom is 0.463 e. The summed E-state index contributed by atoms with van der Waals surface area (Å²) in [6.07, 6.45) is -1.66. The van der Waals surface area contributed by atoms with Crippen LogP contribution in [0.1, 0.15) is 0 Å². The van der Waals surface area contributed by atoms with Gasteiger partial charge in [-0.05, 0) is 5.43 Å². The van der Waals surface area contributed by atoms with Gasteiger partial charge >= 0.3 is 6.09 Å². The molecular weight excluding hydrogens is 104 g/mol. The molecule has 0 saturated heterocycles. The Hall–Kier alpha value is -1.33. The number of nitro groups is 1. The normalized spacial score (nSPS) is 7.43. The fourth-order valence-electron chi connectivity index (χ4n) is 0.0781. The van der Waals surface area contributed by atoms with Crippen LogP contribution in [0.2, 0.25) is 0 Å². The highest BCUT2D eigenvalue weighted by Crippen LogP contribution is 1.57. The van der Waals surface area contributed by atoms with E-state index >= 15 is 0 Å². The highest BCUT2D eigenvalue weighted by Gasteiger charge is 1.98.